The summed E-state index contributed by atoms with van der Waals surface area (Å²) < 4.78 is 41.1. The summed E-state index contributed by atoms with van der Waals surface area (Å²) in [5, 5.41) is 14.0. The minimum Gasteiger partial charge on any atom is -0.354 e. The van der Waals surface area contributed by atoms with Crippen LogP contribution in [0.5, 0.6) is 0 Å². The van der Waals surface area contributed by atoms with Gasteiger partial charge in [-0.3, -0.25) is 4.79 Å². The molecule has 0 saturated carbocycles. The van der Waals surface area contributed by atoms with E-state index >= 15 is 0 Å². The Morgan fingerprint density at radius 3 is 2.32 bits per heavy atom. The van der Waals surface area contributed by atoms with E-state index in [1.165, 1.54) is 28.9 Å². The van der Waals surface area contributed by atoms with Crippen molar-refractivity contribution in [1.29, 1.82) is 0 Å². The van der Waals surface area contributed by atoms with Crippen LogP contribution in [0.3, 0.4) is 0 Å². The molecule has 3 aromatic rings. The van der Waals surface area contributed by atoms with Crippen molar-refractivity contribution in [3.63, 3.8) is 0 Å². The lowest BCUT2D eigenvalue weighted by molar-refractivity contribution is -0.124. The van der Waals surface area contributed by atoms with Gasteiger partial charge in [-0.15, -0.1) is 5.10 Å². The minimum absolute atomic E-state index is 0.183. The molecule has 0 saturated heterocycles. The lowest BCUT2D eigenvalue weighted by Gasteiger charge is -2.17. The maximum Gasteiger partial charge on any atom is 0.245 e. The molecule has 6 nitrogen and oxygen atoms in total. The van der Waals surface area contributed by atoms with Gasteiger partial charge < -0.3 is 5.32 Å². The number of tetrazole rings is 1. The second-order valence-electron chi connectivity index (χ2n) is 6.34. The summed E-state index contributed by atoms with van der Waals surface area (Å²) in [6, 6.07) is 8.29. The quantitative estimate of drug-likeness (QED) is 0.674. The van der Waals surface area contributed by atoms with E-state index in [0.29, 0.717) is 11.4 Å². The normalized spacial score (nSPS) is 12.0. The Morgan fingerprint density at radius 2 is 1.71 bits per heavy atom. The Bertz CT molecular complexity index is 938. The third kappa shape index (κ3) is 4.93. The van der Waals surface area contributed by atoms with Gasteiger partial charge in [0.1, 0.15) is 29.3 Å². The molecular formula is C19H18F3N5O. The van der Waals surface area contributed by atoms with Gasteiger partial charge in [-0.1, -0.05) is 12.1 Å². The van der Waals surface area contributed by atoms with Crippen LogP contribution < -0.4 is 5.32 Å². The fraction of sp³-hybridized carbons (Fsp3) is 0.263. The number of nitrogens with zero attached hydrogens (tertiary/aromatic N) is 4. The highest BCUT2D eigenvalue weighted by atomic mass is 19.1. The molecule has 0 aliphatic rings. The summed E-state index contributed by atoms with van der Waals surface area (Å²) in [5.41, 5.74) is 1.18. The molecule has 1 atom stereocenters. The Hall–Kier alpha value is -3.23. The van der Waals surface area contributed by atoms with Crippen molar-refractivity contribution >= 4 is 5.91 Å². The Kier molecular flexibility index (Phi) is 6.03. The largest absolute Gasteiger partial charge is 0.354 e. The van der Waals surface area contributed by atoms with Crippen LogP contribution in [0, 0.1) is 24.4 Å². The standard InChI is InChI=1S/C19H18F3N5O/c1-12-24-25-26-27(12)18(10-13-2-4-15(20)5-3-13)19(28)23-7-6-14-8-16(21)11-17(22)9-14/h2-5,8-9,11,18H,6-7,10H2,1H3,(H,23,28). The summed E-state index contributed by atoms with van der Waals surface area (Å²) in [5.74, 6) is -1.60. The molecule has 28 heavy (non-hydrogen) atoms. The number of rotatable bonds is 7. The van der Waals surface area contributed by atoms with E-state index in [4.69, 9.17) is 0 Å². The number of nitrogens with one attached hydrogen (secondary N) is 1. The Balaban J connectivity index is 1.69. The van der Waals surface area contributed by atoms with Crippen LogP contribution in [0.1, 0.15) is 23.0 Å². The van der Waals surface area contributed by atoms with Crippen LogP contribution in [-0.2, 0) is 17.6 Å². The van der Waals surface area contributed by atoms with E-state index < -0.39 is 17.7 Å². The van der Waals surface area contributed by atoms with Crippen LogP contribution in [0.2, 0.25) is 0 Å². The molecule has 0 spiro atoms. The molecule has 0 aliphatic heterocycles. The molecule has 1 unspecified atom stereocenters. The van der Waals surface area contributed by atoms with Crippen LogP contribution >= 0.6 is 0 Å². The highest BCUT2D eigenvalue weighted by Gasteiger charge is 2.24. The van der Waals surface area contributed by atoms with Crippen molar-refractivity contribution in [2.75, 3.05) is 6.54 Å². The molecule has 0 fully saturated rings. The maximum absolute atomic E-state index is 13.3. The summed E-state index contributed by atoms with van der Waals surface area (Å²) >= 11 is 0. The van der Waals surface area contributed by atoms with Gasteiger partial charge in [-0.25, -0.2) is 17.9 Å². The molecule has 0 radical (unpaired) electrons. The van der Waals surface area contributed by atoms with Gasteiger partial charge in [0.25, 0.3) is 0 Å². The number of hydrogen-bond donors (Lipinski definition) is 1. The number of halogens is 3. The average molecular weight is 389 g/mol. The molecular weight excluding hydrogens is 371 g/mol. The van der Waals surface area contributed by atoms with Gasteiger partial charge in [0, 0.05) is 19.0 Å². The molecule has 2 aromatic carbocycles. The molecule has 146 valence electrons. The SMILES string of the molecule is Cc1nnnn1C(Cc1ccc(F)cc1)C(=O)NCCc1cc(F)cc(F)c1. The van der Waals surface area contributed by atoms with Gasteiger partial charge in [-0.05, 0) is 59.2 Å². The first-order valence-electron chi connectivity index (χ1n) is 8.64. The number of benzene rings is 2. The first kappa shape index (κ1) is 19.5. The second-order valence-corrected chi connectivity index (χ2v) is 6.34. The van der Waals surface area contributed by atoms with Crippen molar-refractivity contribution in [1.82, 2.24) is 25.5 Å². The van der Waals surface area contributed by atoms with E-state index in [0.717, 1.165) is 11.6 Å². The van der Waals surface area contributed by atoms with Crippen molar-refractivity contribution in [3.05, 3.63) is 76.9 Å². The summed E-state index contributed by atoms with van der Waals surface area (Å²) in [4.78, 5) is 12.7. The van der Waals surface area contributed by atoms with E-state index in [1.54, 1.807) is 19.1 Å². The predicted octanol–water partition coefficient (Wildman–Crippen LogP) is 2.54. The molecule has 3 rings (SSSR count). The van der Waals surface area contributed by atoms with Crippen LogP contribution in [0.4, 0.5) is 13.2 Å². The fourth-order valence-corrected chi connectivity index (χ4v) is 2.86. The topological polar surface area (TPSA) is 72.7 Å². The van der Waals surface area contributed by atoms with E-state index in [1.807, 2.05) is 0 Å². The third-order valence-electron chi connectivity index (χ3n) is 4.23. The number of aryl methyl sites for hydroxylation is 1. The number of carbonyl (C=O) groups is 1. The zero-order valence-corrected chi connectivity index (χ0v) is 15.1. The second kappa shape index (κ2) is 8.64. The lowest BCUT2D eigenvalue weighted by atomic mass is 10.0. The molecule has 0 aliphatic carbocycles. The highest BCUT2D eigenvalue weighted by molar-refractivity contribution is 5.80. The average Bonchev–Trinajstić information content (AvgIpc) is 3.06. The van der Waals surface area contributed by atoms with Crippen molar-refractivity contribution < 1.29 is 18.0 Å². The van der Waals surface area contributed by atoms with Crippen LogP contribution in [-0.4, -0.2) is 32.7 Å². The van der Waals surface area contributed by atoms with E-state index in [-0.39, 0.29) is 31.1 Å². The number of amides is 1. The first-order valence-corrected chi connectivity index (χ1v) is 8.64. The van der Waals surface area contributed by atoms with Gasteiger partial charge in [0.15, 0.2) is 0 Å². The monoisotopic (exact) mass is 389 g/mol. The zero-order valence-electron chi connectivity index (χ0n) is 15.1. The van der Waals surface area contributed by atoms with E-state index in [2.05, 4.69) is 20.8 Å². The molecule has 0 bridgehead atoms. The summed E-state index contributed by atoms with van der Waals surface area (Å²) in [6.45, 7) is 1.85. The van der Waals surface area contributed by atoms with Crippen molar-refractivity contribution in [3.8, 4) is 0 Å². The molecule has 1 N–H and O–H groups in total. The van der Waals surface area contributed by atoms with Gasteiger partial charge in [0.05, 0.1) is 0 Å². The van der Waals surface area contributed by atoms with Crippen LogP contribution in [0.25, 0.3) is 0 Å². The number of hydrogen-bond acceptors (Lipinski definition) is 4. The number of aromatic nitrogens is 4. The molecule has 1 amide bonds. The predicted molar refractivity (Wildman–Crippen MR) is 94.8 cm³/mol. The van der Waals surface area contributed by atoms with Crippen LogP contribution in [0.15, 0.2) is 42.5 Å². The third-order valence-corrected chi connectivity index (χ3v) is 4.23. The Morgan fingerprint density at radius 1 is 1.04 bits per heavy atom. The smallest absolute Gasteiger partial charge is 0.245 e. The van der Waals surface area contributed by atoms with Gasteiger partial charge in [0.2, 0.25) is 5.91 Å². The molecule has 9 heteroatoms. The molecule has 1 heterocycles. The fourth-order valence-electron chi connectivity index (χ4n) is 2.86. The summed E-state index contributed by atoms with van der Waals surface area (Å²) in [7, 11) is 0. The van der Waals surface area contributed by atoms with Gasteiger partial charge in [-0.2, -0.15) is 0 Å². The summed E-state index contributed by atoms with van der Waals surface area (Å²) in [6.07, 6.45) is 0.519. The maximum atomic E-state index is 13.3. The first-order chi connectivity index (χ1) is 13.4. The minimum atomic E-state index is -0.746. The van der Waals surface area contributed by atoms with Crippen molar-refractivity contribution in [2.45, 2.75) is 25.8 Å². The van der Waals surface area contributed by atoms with E-state index in [9.17, 15) is 18.0 Å². The number of carbonyl (C=O) groups excluding carboxylic acids is 1. The zero-order chi connectivity index (χ0) is 20.1. The lowest BCUT2D eigenvalue weighted by Crippen LogP contribution is -2.36. The highest BCUT2D eigenvalue weighted by Crippen LogP contribution is 2.16. The van der Waals surface area contributed by atoms with Crippen molar-refractivity contribution in [2.24, 2.45) is 0 Å². The van der Waals surface area contributed by atoms with Gasteiger partial charge >= 0.3 is 0 Å². The Labute approximate surface area is 159 Å². The molecule has 1 aromatic heterocycles.